The number of rotatable bonds is 8. The van der Waals surface area contributed by atoms with Crippen molar-refractivity contribution in [3.63, 3.8) is 0 Å². The van der Waals surface area contributed by atoms with Crippen molar-refractivity contribution in [2.75, 3.05) is 5.75 Å². The highest BCUT2D eigenvalue weighted by atomic mass is 32.2. The van der Waals surface area contributed by atoms with Gasteiger partial charge in [0.05, 0.1) is 14.5 Å². The van der Waals surface area contributed by atoms with Crippen LogP contribution in [-0.4, -0.2) is 16.3 Å². The number of hydrogen-bond donors (Lipinski definition) is 0. The third-order valence-corrected chi connectivity index (χ3v) is 6.51. The largest absolute Gasteiger partial charge is 0.450 e. The number of thioether (sulfide) groups is 1. The van der Waals surface area contributed by atoms with Crippen molar-refractivity contribution < 1.29 is 18.1 Å². The molecular weight excluding hydrogens is 415 g/mol. The van der Waals surface area contributed by atoms with Crippen LogP contribution in [0.3, 0.4) is 0 Å². The Bertz CT molecular complexity index is 964. The molecule has 1 aliphatic rings. The molecule has 0 aliphatic carbocycles. The van der Waals surface area contributed by atoms with Crippen molar-refractivity contribution in [2.45, 2.75) is 56.5 Å². The first-order valence-electron chi connectivity index (χ1n) is 9.75. The molecule has 8 heteroatoms. The quantitative estimate of drug-likeness (QED) is 0.414. The monoisotopic (exact) mass is 439 g/mol. The first kappa shape index (κ1) is 22.0. The van der Waals surface area contributed by atoms with Gasteiger partial charge in [-0.3, -0.25) is 9.36 Å². The van der Waals surface area contributed by atoms with E-state index in [1.54, 1.807) is 0 Å². The number of aryl methyl sites for hydroxylation is 1. The SMILES string of the molecule is CCCCCCCc1cc(=O)n2c(c1-c1ccc(F)c(F)c1)SCC2C(=O)OP. The summed E-state index contributed by atoms with van der Waals surface area (Å²) < 4.78 is 33.6. The van der Waals surface area contributed by atoms with Crippen LogP contribution in [0.5, 0.6) is 0 Å². The van der Waals surface area contributed by atoms with Crippen molar-refractivity contribution in [2.24, 2.45) is 0 Å². The highest BCUT2D eigenvalue weighted by Crippen LogP contribution is 2.41. The molecule has 0 spiro atoms. The lowest BCUT2D eigenvalue weighted by Gasteiger charge is -2.17. The van der Waals surface area contributed by atoms with Gasteiger partial charge in [-0.25, -0.2) is 13.6 Å². The minimum absolute atomic E-state index is 0.278. The van der Waals surface area contributed by atoms with E-state index >= 15 is 0 Å². The maximum Gasteiger partial charge on any atom is 0.332 e. The van der Waals surface area contributed by atoms with E-state index in [4.69, 9.17) is 4.52 Å². The van der Waals surface area contributed by atoms with Gasteiger partial charge in [0, 0.05) is 17.4 Å². The van der Waals surface area contributed by atoms with Gasteiger partial charge in [-0.1, -0.05) is 38.7 Å². The van der Waals surface area contributed by atoms with Crippen LogP contribution in [-0.2, 0) is 15.7 Å². The molecule has 4 nitrogen and oxygen atoms in total. The van der Waals surface area contributed by atoms with Crippen LogP contribution >= 0.6 is 21.2 Å². The van der Waals surface area contributed by atoms with Gasteiger partial charge < -0.3 is 4.52 Å². The number of pyridine rings is 1. The summed E-state index contributed by atoms with van der Waals surface area (Å²) in [5, 5.41) is 0.604. The van der Waals surface area contributed by atoms with E-state index in [-0.39, 0.29) is 5.56 Å². The molecule has 2 aromatic rings. The highest BCUT2D eigenvalue weighted by Gasteiger charge is 2.34. The minimum atomic E-state index is -0.940. The lowest BCUT2D eigenvalue weighted by molar-refractivity contribution is -0.136. The summed E-state index contributed by atoms with van der Waals surface area (Å²) in [6, 6.07) is 4.54. The number of halogens is 2. The van der Waals surface area contributed by atoms with Crippen LogP contribution in [0.25, 0.3) is 11.1 Å². The predicted octanol–water partition coefficient (Wildman–Crippen LogP) is 5.29. The summed E-state index contributed by atoms with van der Waals surface area (Å²) in [6.07, 6.45) is 6.04. The summed E-state index contributed by atoms with van der Waals surface area (Å²) in [5.74, 6) is -2.02. The molecule has 2 unspecified atom stereocenters. The number of unbranched alkanes of at least 4 members (excludes halogenated alkanes) is 4. The number of benzene rings is 1. The van der Waals surface area contributed by atoms with Crippen LogP contribution in [0.4, 0.5) is 8.78 Å². The minimum Gasteiger partial charge on any atom is -0.450 e. The van der Waals surface area contributed by atoms with Crippen molar-refractivity contribution >= 4 is 27.2 Å². The zero-order valence-electron chi connectivity index (χ0n) is 16.2. The van der Waals surface area contributed by atoms with Crippen LogP contribution in [0.2, 0.25) is 0 Å². The van der Waals surface area contributed by atoms with Crippen LogP contribution in [0.15, 0.2) is 34.1 Å². The molecular formula is C21H24F2NO3PS. The molecule has 0 amide bonds. The molecule has 0 N–H and O–H groups in total. The molecule has 0 radical (unpaired) electrons. The molecule has 156 valence electrons. The van der Waals surface area contributed by atoms with Crippen molar-refractivity contribution in [1.82, 2.24) is 4.57 Å². The molecule has 1 aromatic heterocycles. The number of hydrogen-bond acceptors (Lipinski definition) is 4. The fourth-order valence-electron chi connectivity index (χ4n) is 3.65. The van der Waals surface area contributed by atoms with Gasteiger partial charge >= 0.3 is 5.97 Å². The Morgan fingerprint density at radius 1 is 1.21 bits per heavy atom. The van der Waals surface area contributed by atoms with E-state index in [0.29, 0.717) is 28.3 Å². The number of fused-ring (bicyclic) bond motifs is 1. The van der Waals surface area contributed by atoms with Gasteiger partial charge in [-0.15, -0.1) is 11.8 Å². The lowest BCUT2D eigenvalue weighted by atomic mass is 9.96. The van der Waals surface area contributed by atoms with Crippen LogP contribution in [0, 0.1) is 11.6 Å². The smallest absolute Gasteiger partial charge is 0.332 e. The summed E-state index contributed by atoms with van der Waals surface area (Å²) in [5.41, 5.74) is 1.73. The zero-order chi connectivity index (χ0) is 21.0. The maximum absolute atomic E-state index is 14.0. The van der Waals surface area contributed by atoms with Crippen LogP contribution < -0.4 is 5.56 Å². The zero-order valence-corrected chi connectivity index (χ0v) is 18.2. The maximum atomic E-state index is 14.0. The van der Waals surface area contributed by atoms with E-state index in [1.807, 2.05) is 9.47 Å². The first-order valence-corrected chi connectivity index (χ1v) is 11.2. The number of carbonyl (C=O) groups is 1. The molecule has 2 heterocycles. The van der Waals surface area contributed by atoms with Crippen molar-refractivity contribution in [1.29, 1.82) is 0 Å². The van der Waals surface area contributed by atoms with Crippen molar-refractivity contribution in [3.8, 4) is 11.1 Å². The third-order valence-electron chi connectivity index (χ3n) is 5.12. The van der Waals surface area contributed by atoms with Crippen LogP contribution in [0.1, 0.15) is 50.6 Å². The predicted molar refractivity (Wildman–Crippen MR) is 114 cm³/mol. The van der Waals surface area contributed by atoms with Gasteiger partial charge in [0.1, 0.15) is 6.04 Å². The van der Waals surface area contributed by atoms with E-state index in [2.05, 4.69) is 6.92 Å². The molecule has 2 atom stereocenters. The average molecular weight is 439 g/mol. The molecule has 3 rings (SSSR count). The average Bonchev–Trinajstić information content (AvgIpc) is 3.15. The molecule has 0 saturated carbocycles. The lowest BCUT2D eigenvalue weighted by Crippen LogP contribution is -2.29. The first-order chi connectivity index (χ1) is 14.0. The summed E-state index contributed by atoms with van der Waals surface area (Å²) in [4.78, 5) is 24.9. The summed E-state index contributed by atoms with van der Waals surface area (Å²) >= 11 is 1.36. The van der Waals surface area contributed by atoms with Gasteiger partial charge in [0.15, 0.2) is 11.6 Å². The van der Waals surface area contributed by atoms with Gasteiger partial charge in [-0.05, 0) is 36.1 Å². The highest BCUT2D eigenvalue weighted by molar-refractivity contribution is 7.99. The molecule has 0 fully saturated rings. The molecule has 0 saturated heterocycles. The fourth-order valence-corrected chi connectivity index (χ4v) is 5.15. The van der Waals surface area contributed by atoms with Gasteiger partial charge in [0.25, 0.3) is 5.56 Å². The van der Waals surface area contributed by atoms with E-state index < -0.39 is 23.6 Å². The molecule has 1 aliphatic heterocycles. The summed E-state index contributed by atoms with van der Waals surface area (Å²) in [7, 11) is 1.91. The second kappa shape index (κ2) is 9.86. The Balaban J connectivity index is 2.06. The second-order valence-corrected chi connectivity index (χ2v) is 8.36. The number of aromatic nitrogens is 1. The van der Waals surface area contributed by atoms with Gasteiger partial charge in [0.2, 0.25) is 0 Å². The Morgan fingerprint density at radius 2 is 1.97 bits per heavy atom. The van der Waals surface area contributed by atoms with E-state index in [0.717, 1.165) is 49.8 Å². The number of nitrogens with zero attached hydrogens (tertiary/aromatic N) is 1. The fraction of sp³-hybridized carbons (Fsp3) is 0.429. The Morgan fingerprint density at radius 3 is 2.66 bits per heavy atom. The molecule has 0 bridgehead atoms. The Kier molecular flexibility index (Phi) is 7.47. The second-order valence-electron chi connectivity index (χ2n) is 7.11. The van der Waals surface area contributed by atoms with E-state index in [9.17, 15) is 18.4 Å². The Labute approximate surface area is 175 Å². The normalized spacial score (nSPS) is 15.4. The van der Waals surface area contributed by atoms with Gasteiger partial charge in [-0.2, -0.15) is 0 Å². The topological polar surface area (TPSA) is 48.3 Å². The number of carbonyl (C=O) groups excluding carboxylic acids is 1. The third kappa shape index (κ3) is 4.72. The van der Waals surface area contributed by atoms with E-state index in [1.165, 1.54) is 28.5 Å². The molecule has 29 heavy (non-hydrogen) atoms. The van der Waals surface area contributed by atoms with Crippen molar-refractivity contribution in [3.05, 3.63) is 51.8 Å². The standard InChI is InChI=1S/C21H24F2NO3PS/c1-2-3-4-5-6-7-13-11-18(25)24-17(21(26)27-28)12-29-20(24)19(13)14-8-9-15(22)16(23)10-14/h8-11,17H,2-7,12,28H2,1H3. The summed E-state index contributed by atoms with van der Waals surface area (Å²) in [6.45, 7) is 2.15. The Hall–Kier alpha value is -1.72. The molecule has 1 aromatic carbocycles.